The van der Waals surface area contributed by atoms with Crippen molar-refractivity contribution in [1.82, 2.24) is 0 Å². The number of unbranched alkanes of at least 4 members (excludes halogenated alkanes) is 5. The third-order valence-electron chi connectivity index (χ3n) is 2.36. The van der Waals surface area contributed by atoms with Gasteiger partial charge in [-0.1, -0.05) is 58.1 Å². The molecule has 1 radical (unpaired) electrons. The zero-order valence-electron chi connectivity index (χ0n) is 9.09. The van der Waals surface area contributed by atoms with Crippen LogP contribution in [0.2, 0.25) is 0 Å². The van der Waals surface area contributed by atoms with E-state index in [9.17, 15) is 0 Å². The summed E-state index contributed by atoms with van der Waals surface area (Å²) < 4.78 is 5.15. The van der Waals surface area contributed by atoms with E-state index in [1.807, 2.05) is 0 Å². The zero-order valence-corrected chi connectivity index (χ0v) is 9.09. The molecule has 1 unspecified atom stereocenters. The molecule has 1 atom stereocenters. The molecular formula is C12H23O. The third kappa shape index (κ3) is 8.04. The van der Waals surface area contributed by atoms with Crippen LogP contribution in [0, 0.1) is 6.58 Å². The zero-order chi connectivity index (χ0) is 9.94. The van der Waals surface area contributed by atoms with Crippen LogP contribution in [0.3, 0.4) is 0 Å². The first-order chi connectivity index (χ1) is 6.35. The number of ether oxygens (including phenoxy) is 1. The summed E-state index contributed by atoms with van der Waals surface area (Å²) >= 11 is 0. The normalized spacial score (nSPS) is 12.8. The van der Waals surface area contributed by atoms with Gasteiger partial charge in [0.1, 0.15) is 0 Å². The standard InChI is InChI=1S/C12H23O/c1-4-6-7-8-9-10-11-12(5-2)13-3/h2,5,12H,4,6-11H2,1,3H3. The predicted octanol–water partition coefficient (Wildman–Crippen LogP) is 3.74. The summed E-state index contributed by atoms with van der Waals surface area (Å²) in [6, 6.07) is 0. The molecule has 0 aromatic rings. The SMILES string of the molecule is [CH]=CC(CCCCCCCC)OC. The fourth-order valence-corrected chi connectivity index (χ4v) is 1.42. The average molecular weight is 183 g/mol. The molecule has 0 rings (SSSR count). The minimum absolute atomic E-state index is 0.158. The highest BCUT2D eigenvalue weighted by Crippen LogP contribution is 2.10. The highest BCUT2D eigenvalue weighted by Gasteiger charge is 2.00. The first-order valence-corrected chi connectivity index (χ1v) is 5.43. The lowest BCUT2D eigenvalue weighted by Crippen LogP contribution is -2.05. The van der Waals surface area contributed by atoms with Gasteiger partial charge in [0.05, 0.1) is 6.10 Å². The molecule has 0 aliphatic heterocycles. The molecular weight excluding hydrogens is 160 g/mol. The smallest absolute Gasteiger partial charge is 0.0755 e. The van der Waals surface area contributed by atoms with Crippen LogP contribution >= 0.6 is 0 Å². The second kappa shape index (κ2) is 9.79. The van der Waals surface area contributed by atoms with Crippen molar-refractivity contribution in [1.29, 1.82) is 0 Å². The van der Waals surface area contributed by atoms with Crippen molar-refractivity contribution in [2.45, 2.75) is 58.0 Å². The highest BCUT2D eigenvalue weighted by molar-refractivity contribution is 4.76. The maximum atomic E-state index is 5.40. The van der Waals surface area contributed by atoms with Gasteiger partial charge in [0.2, 0.25) is 0 Å². The third-order valence-corrected chi connectivity index (χ3v) is 2.36. The van der Waals surface area contributed by atoms with Gasteiger partial charge in [-0.2, -0.15) is 0 Å². The molecule has 1 heteroatoms. The first-order valence-electron chi connectivity index (χ1n) is 5.43. The maximum Gasteiger partial charge on any atom is 0.0755 e. The average Bonchev–Trinajstić information content (AvgIpc) is 2.17. The molecule has 77 valence electrons. The summed E-state index contributed by atoms with van der Waals surface area (Å²) in [5.41, 5.74) is 0. The molecule has 0 N–H and O–H groups in total. The van der Waals surface area contributed by atoms with Crippen LogP contribution in [0.5, 0.6) is 0 Å². The Morgan fingerprint density at radius 3 is 2.31 bits per heavy atom. The quantitative estimate of drug-likeness (QED) is 0.495. The van der Waals surface area contributed by atoms with E-state index in [-0.39, 0.29) is 6.10 Å². The van der Waals surface area contributed by atoms with Crippen molar-refractivity contribution in [3.05, 3.63) is 12.7 Å². The van der Waals surface area contributed by atoms with Gasteiger partial charge in [0, 0.05) is 7.11 Å². The molecule has 13 heavy (non-hydrogen) atoms. The van der Waals surface area contributed by atoms with E-state index in [1.165, 1.54) is 38.5 Å². The molecule has 0 aliphatic carbocycles. The van der Waals surface area contributed by atoms with Crippen LogP contribution in [-0.2, 0) is 4.74 Å². The predicted molar refractivity (Wildman–Crippen MR) is 57.7 cm³/mol. The number of hydrogen-bond acceptors (Lipinski definition) is 1. The Kier molecular flexibility index (Phi) is 9.56. The summed E-state index contributed by atoms with van der Waals surface area (Å²) in [7, 11) is 1.71. The second-order valence-electron chi connectivity index (χ2n) is 3.52. The van der Waals surface area contributed by atoms with Crippen molar-refractivity contribution in [3.63, 3.8) is 0 Å². The molecule has 0 heterocycles. The Morgan fingerprint density at radius 1 is 1.15 bits per heavy atom. The number of rotatable bonds is 9. The van der Waals surface area contributed by atoms with E-state index >= 15 is 0 Å². The van der Waals surface area contributed by atoms with Crippen molar-refractivity contribution in [2.24, 2.45) is 0 Å². The molecule has 0 spiro atoms. The summed E-state index contributed by atoms with van der Waals surface area (Å²) in [5.74, 6) is 0. The Morgan fingerprint density at radius 2 is 1.77 bits per heavy atom. The first kappa shape index (κ1) is 12.7. The van der Waals surface area contributed by atoms with E-state index in [4.69, 9.17) is 11.3 Å². The summed E-state index contributed by atoms with van der Waals surface area (Å²) in [6.45, 7) is 7.64. The number of hydrogen-bond donors (Lipinski definition) is 0. The van der Waals surface area contributed by atoms with Gasteiger partial charge in [0.25, 0.3) is 0 Å². The topological polar surface area (TPSA) is 9.23 Å². The van der Waals surface area contributed by atoms with Crippen molar-refractivity contribution in [2.75, 3.05) is 7.11 Å². The monoisotopic (exact) mass is 183 g/mol. The van der Waals surface area contributed by atoms with E-state index in [0.29, 0.717) is 0 Å². The van der Waals surface area contributed by atoms with Gasteiger partial charge in [-0.25, -0.2) is 0 Å². The summed E-state index contributed by atoms with van der Waals surface area (Å²) in [4.78, 5) is 0. The van der Waals surface area contributed by atoms with Crippen LogP contribution in [0.1, 0.15) is 51.9 Å². The van der Waals surface area contributed by atoms with E-state index in [0.717, 1.165) is 6.42 Å². The van der Waals surface area contributed by atoms with E-state index in [1.54, 1.807) is 13.2 Å². The molecule has 1 nitrogen and oxygen atoms in total. The van der Waals surface area contributed by atoms with Gasteiger partial charge in [-0.05, 0) is 6.42 Å². The van der Waals surface area contributed by atoms with Crippen LogP contribution in [0.25, 0.3) is 0 Å². The Bertz CT molecular complexity index is 110. The van der Waals surface area contributed by atoms with E-state index in [2.05, 4.69) is 6.92 Å². The summed E-state index contributed by atoms with van der Waals surface area (Å²) in [5, 5.41) is 0. The number of methoxy groups -OCH3 is 1. The molecule has 0 aromatic heterocycles. The molecule has 0 saturated carbocycles. The van der Waals surface area contributed by atoms with Gasteiger partial charge < -0.3 is 4.74 Å². The molecule has 0 aliphatic rings. The van der Waals surface area contributed by atoms with E-state index < -0.39 is 0 Å². The van der Waals surface area contributed by atoms with Crippen molar-refractivity contribution < 1.29 is 4.74 Å². The van der Waals surface area contributed by atoms with Crippen LogP contribution in [-0.4, -0.2) is 13.2 Å². The molecule has 0 amide bonds. The molecule has 0 bridgehead atoms. The lowest BCUT2D eigenvalue weighted by molar-refractivity contribution is 0.131. The fraction of sp³-hybridized carbons (Fsp3) is 0.833. The minimum atomic E-state index is 0.158. The maximum absolute atomic E-state index is 5.40. The molecule has 0 fully saturated rings. The van der Waals surface area contributed by atoms with Crippen LogP contribution in [0.4, 0.5) is 0 Å². The van der Waals surface area contributed by atoms with Gasteiger partial charge >= 0.3 is 0 Å². The summed E-state index contributed by atoms with van der Waals surface area (Å²) in [6.07, 6.45) is 10.8. The van der Waals surface area contributed by atoms with Gasteiger partial charge in [-0.3, -0.25) is 0 Å². The van der Waals surface area contributed by atoms with Crippen LogP contribution in [0.15, 0.2) is 6.08 Å². The fourth-order valence-electron chi connectivity index (χ4n) is 1.42. The highest BCUT2D eigenvalue weighted by atomic mass is 16.5. The van der Waals surface area contributed by atoms with Gasteiger partial charge in [0.15, 0.2) is 0 Å². The van der Waals surface area contributed by atoms with Gasteiger partial charge in [-0.15, -0.1) is 0 Å². The lowest BCUT2D eigenvalue weighted by atomic mass is 10.1. The Labute approximate surface area is 83.2 Å². The Balaban J connectivity index is 3.10. The molecule has 0 aromatic carbocycles. The Hall–Kier alpha value is -0.300. The van der Waals surface area contributed by atoms with Crippen molar-refractivity contribution in [3.8, 4) is 0 Å². The minimum Gasteiger partial charge on any atom is -0.377 e. The second-order valence-corrected chi connectivity index (χ2v) is 3.52. The molecule has 0 saturated heterocycles. The van der Waals surface area contributed by atoms with Crippen LogP contribution < -0.4 is 0 Å². The van der Waals surface area contributed by atoms with Crippen molar-refractivity contribution >= 4 is 0 Å². The largest absolute Gasteiger partial charge is 0.377 e. The lowest BCUT2D eigenvalue weighted by Gasteiger charge is -2.09.